The number of aromatic nitrogens is 3. The number of halogens is 1. The first kappa shape index (κ1) is 16.7. The molecular weight excluding hydrogens is 347 g/mol. The maximum atomic E-state index is 13.0. The van der Waals surface area contributed by atoms with Gasteiger partial charge in [-0.2, -0.15) is 0 Å². The normalized spacial score (nSPS) is 12.1. The average molecular weight is 362 g/mol. The van der Waals surface area contributed by atoms with Crippen LogP contribution in [0.25, 0.3) is 11.3 Å². The number of carbonyl (C=O) groups is 1. The Balaban J connectivity index is 1.64. The predicted octanol–water partition coefficient (Wildman–Crippen LogP) is 3.80. The lowest BCUT2D eigenvalue weighted by molar-refractivity contribution is -0.115. The highest BCUT2D eigenvalue weighted by molar-refractivity contribution is 8.00. The Labute approximate surface area is 147 Å². The molecule has 1 aromatic carbocycles. The van der Waals surface area contributed by atoms with Gasteiger partial charge >= 0.3 is 0 Å². The summed E-state index contributed by atoms with van der Waals surface area (Å²) in [5.74, 6) is -0.425. The van der Waals surface area contributed by atoms with Gasteiger partial charge < -0.3 is 9.88 Å². The molecule has 0 saturated heterocycles. The molecule has 0 bridgehead atoms. The van der Waals surface area contributed by atoms with Crippen molar-refractivity contribution in [1.82, 2.24) is 14.5 Å². The van der Waals surface area contributed by atoms with Crippen LogP contribution in [0.2, 0.25) is 0 Å². The quantitative estimate of drug-likeness (QED) is 0.701. The first-order valence-corrected chi connectivity index (χ1v) is 8.95. The molecular formula is C16H15FN4OS2. The van der Waals surface area contributed by atoms with E-state index in [-0.39, 0.29) is 17.0 Å². The van der Waals surface area contributed by atoms with Crippen molar-refractivity contribution in [3.05, 3.63) is 47.9 Å². The van der Waals surface area contributed by atoms with Crippen molar-refractivity contribution in [2.75, 3.05) is 5.32 Å². The molecule has 1 atom stereocenters. The zero-order chi connectivity index (χ0) is 17.1. The van der Waals surface area contributed by atoms with E-state index in [9.17, 15) is 9.18 Å². The van der Waals surface area contributed by atoms with Crippen LogP contribution in [0.15, 0.2) is 47.2 Å². The van der Waals surface area contributed by atoms with Crippen molar-refractivity contribution in [3.63, 3.8) is 0 Å². The molecule has 0 fully saturated rings. The zero-order valence-electron chi connectivity index (χ0n) is 13.1. The van der Waals surface area contributed by atoms with Gasteiger partial charge in [-0.1, -0.05) is 11.8 Å². The van der Waals surface area contributed by atoms with E-state index in [2.05, 4.69) is 15.3 Å². The Bertz CT molecular complexity index is 844. The van der Waals surface area contributed by atoms with E-state index in [1.54, 1.807) is 18.3 Å². The second-order valence-corrected chi connectivity index (χ2v) is 7.28. The molecule has 1 amide bonds. The van der Waals surface area contributed by atoms with E-state index in [0.717, 1.165) is 10.7 Å². The van der Waals surface area contributed by atoms with Crippen LogP contribution in [0.1, 0.15) is 6.92 Å². The monoisotopic (exact) mass is 362 g/mol. The number of amides is 1. The maximum absolute atomic E-state index is 13.0. The van der Waals surface area contributed by atoms with Crippen LogP contribution in [0.3, 0.4) is 0 Å². The van der Waals surface area contributed by atoms with Crippen LogP contribution in [-0.2, 0) is 11.8 Å². The van der Waals surface area contributed by atoms with Gasteiger partial charge in [-0.3, -0.25) is 4.79 Å². The van der Waals surface area contributed by atoms with Crippen molar-refractivity contribution < 1.29 is 9.18 Å². The number of anilines is 1. The number of nitrogens with one attached hydrogen (secondary N) is 1. The number of hydrogen-bond acceptors (Lipinski definition) is 5. The molecule has 2 aromatic heterocycles. The number of thioether (sulfide) groups is 1. The van der Waals surface area contributed by atoms with E-state index in [4.69, 9.17) is 0 Å². The first-order chi connectivity index (χ1) is 11.5. The summed E-state index contributed by atoms with van der Waals surface area (Å²) in [7, 11) is 1.88. The summed E-state index contributed by atoms with van der Waals surface area (Å²) in [4.78, 5) is 20.9. The van der Waals surface area contributed by atoms with Gasteiger partial charge in [0.1, 0.15) is 5.82 Å². The average Bonchev–Trinajstić information content (AvgIpc) is 3.18. The van der Waals surface area contributed by atoms with Crippen LogP contribution >= 0.6 is 23.1 Å². The number of imidazole rings is 1. The predicted molar refractivity (Wildman–Crippen MR) is 94.7 cm³/mol. The molecule has 0 aliphatic carbocycles. The van der Waals surface area contributed by atoms with E-state index < -0.39 is 0 Å². The zero-order valence-corrected chi connectivity index (χ0v) is 14.7. The van der Waals surface area contributed by atoms with Crippen molar-refractivity contribution >= 4 is 34.1 Å². The molecule has 24 heavy (non-hydrogen) atoms. The highest BCUT2D eigenvalue weighted by Gasteiger charge is 2.18. The highest BCUT2D eigenvalue weighted by Crippen LogP contribution is 2.26. The lowest BCUT2D eigenvalue weighted by atomic mass is 10.2. The third-order valence-electron chi connectivity index (χ3n) is 3.30. The number of thiazole rings is 1. The maximum Gasteiger partial charge on any atom is 0.239 e. The smallest absolute Gasteiger partial charge is 0.239 e. The molecule has 0 radical (unpaired) electrons. The third kappa shape index (κ3) is 3.82. The number of aryl methyl sites for hydroxylation is 1. The molecule has 5 nitrogen and oxygen atoms in total. The van der Waals surface area contributed by atoms with Crippen molar-refractivity contribution in [1.29, 1.82) is 0 Å². The number of rotatable bonds is 5. The van der Waals surface area contributed by atoms with Gasteiger partial charge in [-0.15, -0.1) is 11.3 Å². The summed E-state index contributed by atoms with van der Waals surface area (Å²) < 4.78 is 14.8. The van der Waals surface area contributed by atoms with Crippen LogP contribution < -0.4 is 5.32 Å². The molecule has 0 saturated carbocycles. The van der Waals surface area contributed by atoms with E-state index in [0.29, 0.717) is 10.8 Å². The second kappa shape index (κ2) is 7.14. The summed E-state index contributed by atoms with van der Waals surface area (Å²) in [5.41, 5.74) is 1.52. The first-order valence-electron chi connectivity index (χ1n) is 7.19. The Morgan fingerprint density at radius 3 is 2.79 bits per heavy atom. The van der Waals surface area contributed by atoms with E-state index >= 15 is 0 Å². The number of benzene rings is 1. The Morgan fingerprint density at radius 1 is 1.38 bits per heavy atom. The molecule has 1 unspecified atom stereocenters. The van der Waals surface area contributed by atoms with Gasteiger partial charge in [0.05, 0.1) is 10.9 Å². The van der Waals surface area contributed by atoms with Gasteiger partial charge in [0.25, 0.3) is 0 Å². The van der Waals surface area contributed by atoms with E-state index in [1.807, 2.05) is 30.1 Å². The summed E-state index contributed by atoms with van der Waals surface area (Å²) >= 11 is 2.72. The minimum Gasteiger partial charge on any atom is -0.329 e. The summed E-state index contributed by atoms with van der Waals surface area (Å²) in [6.45, 7) is 1.82. The summed E-state index contributed by atoms with van der Waals surface area (Å²) in [6, 6.07) is 6.10. The fourth-order valence-electron chi connectivity index (χ4n) is 1.97. The minimum atomic E-state index is -0.302. The topological polar surface area (TPSA) is 59.8 Å². The lowest BCUT2D eigenvalue weighted by Crippen LogP contribution is -2.22. The molecule has 0 aliphatic heterocycles. The molecule has 1 N–H and O–H groups in total. The van der Waals surface area contributed by atoms with Crippen molar-refractivity contribution in [3.8, 4) is 11.3 Å². The summed E-state index contributed by atoms with van der Waals surface area (Å²) in [6.07, 6.45) is 3.53. The van der Waals surface area contributed by atoms with Crippen LogP contribution in [0.5, 0.6) is 0 Å². The minimum absolute atomic E-state index is 0.136. The van der Waals surface area contributed by atoms with Crippen molar-refractivity contribution in [2.45, 2.75) is 17.3 Å². The fourth-order valence-corrected chi connectivity index (χ4v) is 3.52. The molecule has 3 aromatic rings. The van der Waals surface area contributed by atoms with Gasteiger partial charge in [0, 0.05) is 30.4 Å². The largest absolute Gasteiger partial charge is 0.329 e. The molecule has 124 valence electrons. The van der Waals surface area contributed by atoms with Crippen LogP contribution in [0.4, 0.5) is 9.52 Å². The van der Waals surface area contributed by atoms with E-state index in [1.165, 1.54) is 35.2 Å². The Morgan fingerprint density at radius 2 is 2.12 bits per heavy atom. The fraction of sp³-hybridized carbons (Fsp3) is 0.188. The van der Waals surface area contributed by atoms with Gasteiger partial charge in [0.2, 0.25) is 5.91 Å². The highest BCUT2D eigenvalue weighted by atomic mass is 32.2. The Hall–Kier alpha value is -2.19. The molecule has 2 heterocycles. The molecule has 8 heteroatoms. The molecule has 0 aliphatic rings. The standard InChI is InChI=1S/C16H15FN4OS2/c1-10(24-16-18-7-8-21(16)2)14(22)20-15-19-13(9-23-15)11-3-5-12(17)6-4-11/h3-10H,1-2H3,(H,19,20,22). The number of carbonyl (C=O) groups excluding carboxylic acids is 1. The van der Waals surface area contributed by atoms with Crippen molar-refractivity contribution in [2.24, 2.45) is 7.05 Å². The SMILES string of the molecule is CC(Sc1nccn1C)C(=O)Nc1nc(-c2ccc(F)cc2)cs1. The second-order valence-electron chi connectivity index (χ2n) is 5.11. The van der Waals surface area contributed by atoms with Gasteiger partial charge in [-0.05, 0) is 31.2 Å². The van der Waals surface area contributed by atoms with Crippen LogP contribution in [0, 0.1) is 5.82 Å². The number of hydrogen-bond donors (Lipinski definition) is 1. The van der Waals surface area contributed by atoms with Gasteiger partial charge in [-0.25, -0.2) is 14.4 Å². The molecule has 0 spiro atoms. The number of nitrogens with zero attached hydrogens (tertiary/aromatic N) is 3. The summed E-state index contributed by atoms with van der Waals surface area (Å²) in [5, 5.41) is 5.64. The third-order valence-corrected chi connectivity index (χ3v) is 5.23. The van der Waals surface area contributed by atoms with Gasteiger partial charge in [0.15, 0.2) is 10.3 Å². The molecule has 3 rings (SSSR count). The van der Waals surface area contributed by atoms with Crippen LogP contribution in [-0.4, -0.2) is 25.7 Å². The Kier molecular flexibility index (Phi) is 4.96. The lowest BCUT2D eigenvalue weighted by Gasteiger charge is -2.09.